The van der Waals surface area contributed by atoms with E-state index in [-0.39, 0.29) is 5.41 Å². The van der Waals surface area contributed by atoms with Crippen LogP contribution in [-0.2, 0) is 22.0 Å². The number of hydrogen-bond acceptors (Lipinski definition) is 4. The van der Waals surface area contributed by atoms with Crippen molar-refractivity contribution < 1.29 is 8.42 Å². The molecule has 146 valence electrons. The van der Waals surface area contributed by atoms with Gasteiger partial charge in [0.05, 0.1) is 10.6 Å². The fourth-order valence-electron chi connectivity index (χ4n) is 3.33. The third-order valence-corrected chi connectivity index (χ3v) is 7.16. The van der Waals surface area contributed by atoms with E-state index in [1.807, 2.05) is 43.3 Å². The fraction of sp³-hybridized carbons (Fsp3) is 0.476. The summed E-state index contributed by atoms with van der Waals surface area (Å²) in [6.07, 6.45) is 1.79. The van der Waals surface area contributed by atoms with Crippen LogP contribution in [-0.4, -0.2) is 48.8 Å². The summed E-state index contributed by atoms with van der Waals surface area (Å²) in [6.45, 7) is 11.4. The SMILES string of the molecule is Cc1ccc(C(C)(C)C)cc1S(=O)(=O)N1CCN(Cc2ccccn2)CC1. The zero-order valence-electron chi connectivity index (χ0n) is 16.6. The number of aromatic nitrogens is 1. The number of pyridine rings is 1. The van der Waals surface area contributed by atoms with Crippen LogP contribution in [0.25, 0.3) is 0 Å². The van der Waals surface area contributed by atoms with E-state index < -0.39 is 10.0 Å². The Morgan fingerprint density at radius 1 is 1.04 bits per heavy atom. The average Bonchev–Trinajstić information content (AvgIpc) is 2.62. The summed E-state index contributed by atoms with van der Waals surface area (Å²) >= 11 is 0. The summed E-state index contributed by atoms with van der Waals surface area (Å²) in [4.78, 5) is 7.05. The van der Waals surface area contributed by atoms with Crippen LogP contribution >= 0.6 is 0 Å². The molecule has 0 amide bonds. The van der Waals surface area contributed by atoms with Crippen molar-refractivity contribution in [2.24, 2.45) is 0 Å². The maximum absolute atomic E-state index is 13.2. The van der Waals surface area contributed by atoms with Gasteiger partial charge in [-0.05, 0) is 41.7 Å². The maximum atomic E-state index is 13.2. The third kappa shape index (κ3) is 4.57. The molecule has 1 saturated heterocycles. The van der Waals surface area contributed by atoms with Crippen LogP contribution in [0.2, 0.25) is 0 Å². The van der Waals surface area contributed by atoms with Crippen LogP contribution in [0.5, 0.6) is 0 Å². The molecule has 0 unspecified atom stereocenters. The third-order valence-electron chi connectivity index (χ3n) is 5.12. The van der Waals surface area contributed by atoms with Crippen molar-refractivity contribution in [1.29, 1.82) is 0 Å². The molecular weight excluding hydrogens is 358 g/mol. The van der Waals surface area contributed by atoms with Crippen molar-refractivity contribution >= 4 is 10.0 Å². The lowest BCUT2D eigenvalue weighted by Gasteiger charge is -2.34. The molecule has 6 heteroatoms. The second-order valence-corrected chi connectivity index (χ2v) is 10.1. The summed E-state index contributed by atoms with van der Waals surface area (Å²) in [5.41, 5.74) is 2.78. The van der Waals surface area contributed by atoms with E-state index in [2.05, 4.69) is 30.7 Å². The van der Waals surface area contributed by atoms with Gasteiger partial charge in [-0.15, -0.1) is 0 Å². The highest BCUT2D eigenvalue weighted by molar-refractivity contribution is 7.89. The molecular formula is C21H29N3O2S. The molecule has 27 heavy (non-hydrogen) atoms. The molecule has 1 aromatic carbocycles. The Morgan fingerprint density at radius 2 is 1.74 bits per heavy atom. The van der Waals surface area contributed by atoms with Gasteiger partial charge < -0.3 is 0 Å². The first-order chi connectivity index (χ1) is 12.7. The van der Waals surface area contributed by atoms with Crippen molar-refractivity contribution in [3.63, 3.8) is 0 Å². The predicted octanol–water partition coefficient (Wildman–Crippen LogP) is 3.19. The molecule has 0 bridgehead atoms. The first-order valence-corrected chi connectivity index (χ1v) is 10.9. The molecule has 3 rings (SSSR count). The first-order valence-electron chi connectivity index (χ1n) is 9.41. The number of nitrogens with zero attached hydrogens (tertiary/aromatic N) is 3. The zero-order chi connectivity index (χ0) is 19.7. The minimum Gasteiger partial charge on any atom is -0.295 e. The number of aryl methyl sites for hydroxylation is 1. The molecule has 2 aromatic rings. The van der Waals surface area contributed by atoms with Gasteiger partial charge in [0.15, 0.2) is 0 Å². The first kappa shape index (κ1) is 20.0. The summed E-state index contributed by atoms with van der Waals surface area (Å²) in [5, 5.41) is 0. The summed E-state index contributed by atoms with van der Waals surface area (Å²) in [6, 6.07) is 11.7. The van der Waals surface area contributed by atoms with E-state index in [1.54, 1.807) is 10.5 Å². The fourth-order valence-corrected chi connectivity index (χ4v) is 5.01. The van der Waals surface area contributed by atoms with E-state index in [1.165, 1.54) is 0 Å². The van der Waals surface area contributed by atoms with Gasteiger partial charge in [0, 0.05) is 38.9 Å². The molecule has 0 spiro atoms. The molecule has 0 radical (unpaired) electrons. The molecule has 0 aliphatic carbocycles. The van der Waals surface area contributed by atoms with Crippen molar-refractivity contribution in [2.45, 2.75) is 44.6 Å². The molecule has 5 nitrogen and oxygen atoms in total. The lowest BCUT2D eigenvalue weighted by Crippen LogP contribution is -2.48. The van der Waals surface area contributed by atoms with Crippen molar-refractivity contribution in [1.82, 2.24) is 14.2 Å². The van der Waals surface area contributed by atoms with Crippen LogP contribution in [0, 0.1) is 6.92 Å². The Balaban J connectivity index is 1.74. The summed E-state index contributed by atoms with van der Waals surface area (Å²) in [7, 11) is -3.48. The molecule has 1 aliphatic rings. The Bertz CT molecular complexity index is 881. The largest absolute Gasteiger partial charge is 0.295 e. The minimum absolute atomic E-state index is 0.0840. The number of hydrogen-bond donors (Lipinski definition) is 0. The van der Waals surface area contributed by atoms with Crippen molar-refractivity contribution in [3.8, 4) is 0 Å². The number of rotatable bonds is 4. The lowest BCUT2D eigenvalue weighted by atomic mass is 9.87. The Labute approximate surface area is 163 Å². The van der Waals surface area contributed by atoms with Gasteiger partial charge in [-0.1, -0.05) is 39.0 Å². The second kappa shape index (κ2) is 7.70. The van der Waals surface area contributed by atoms with Crippen molar-refractivity contribution in [3.05, 3.63) is 59.4 Å². The molecule has 0 N–H and O–H groups in total. The molecule has 1 fully saturated rings. The predicted molar refractivity (Wildman–Crippen MR) is 108 cm³/mol. The van der Waals surface area contributed by atoms with Gasteiger partial charge in [-0.2, -0.15) is 4.31 Å². The highest BCUT2D eigenvalue weighted by Crippen LogP contribution is 2.28. The zero-order valence-corrected chi connectivity index (χ0v) is 17.5. The van der Waals surface area contributed by atoms with Crippen molar-refractivity contribution in [2.75, 3.05) is 26.2 Å². The highest BCUT2D eigenvalue weighted by atomic mass is 32.2. The van der Waals surface area contributed by atoms with E-state index in [9.17, 15) is 8.42 Å². The number of sulfonamides is 1. The smallest absolute Gasteiger partial charge is 0.243 e. The van der Waals surface area contributed by atoms with Gasteiger partial charge in [0.2, 0.25) is 10.0 Å². The number of piperazine rings is 1. The quantitative estimate of drug-likeness (QED) is 0.808. The standard InChI is InChI=1S/C21H29N3O2S/c1-17-8-9-18(21(2,3)4)15-20(17)27(25,26)24-13-11-23(12-14-24)16-19-7-5-6-10-22-19/h5-10,15H,11-14,16H2,1-4H3. The van der Waals surface area contributed by atoms with Crippen LogP contribution in [0.3, 0.4) is 0 Å². The molecule has 2 heterocycles. The monoisotopic (exact) mass is 387 g/mol. The van der Waals surface area contributed by atoms with E-state index >= 15 is 0 Å². The minimum atomic E-state index is -3.48. The Kier molecular flexibility index (Phi) is 5.70. The topological polar surface area (TPSA) is 53.5 Å². The van der Waals surface area contributed by atoms with E-state index in [0.29, 0.717) is 31.1 Å². The summed E-state index contributed by atoms with van der Waals surface area (Å²) in [5.74, 6) is 0. The van der Waals surface area contributed by atoms with E-state index in [4.69, 9.17) is 0 Å². The van der Waals surface area contributed by atoms with Crippen LogP contribution < -0.4 is 0 Å². The maximum Gasteiger partial charge on any atom is 0.243 e. The Morgan fingerprint density at radius 3 is 2.33 bits per heavy atom. The van der Waals surface area contributed by atoms with Crippen LogP contribution in [0.4, 0.5) is 0 Å². The second-order valence-electron chi connectivity index (χ2n) is 8.23. The molecule has 0 atom stereocenters. The normalized spacial score (nSPS) is 17.2. The van der Waals surface area contributed by atoms with Gasteiger partial charge in [-0.25, -0.2) is 8.42 Å². The van der Waals surface area contributed by atoms with Crippen LogP contribution in [0.1, 0.15) is 37.6 Å². The molecule has 0 saturated carbocycles. The highest BCUT2D eigenvalue weighted by Gasteiger charge is 2.30. The summed E-state index contributed by atoms with van der Waals surface area (Å²) < 4.78 is 28.1. The molecule has 1 aliphatic heterocycles. The van der Waals surface area contributed by atoms with Gasteiger partial charge in [0.25, 0.3) is 0 Å². The lowest BCUT2D eigenvalue weighted by molar-refractivity contribution is 0.180. The molecule has 1 aromatic heterocycles. The van der Waals surface area contributed by atoms with Gasteiger partial charge >= 0.3 is 0 Å². The number of benzene rings is 1. The van der Waals surface area contributed by atoms with Crippen LogP contribution in [0.15, 0.2) is 47.5 Å². The van der Waals surface area contributed by atoms with Gasteiger partial charge in [0.1, 0.15) is 0 Å². The average molecular weight is 388 g/mol. The Hall–Kier alpha value is -1.76. The van der Waals surface area contributed by atoms with Gasteiger partial charge in [-0.3, -0.25) is 9.88 Å². The van der Waals surface area contributed by atoms with E-state index in [0.717, 1.165) is 23.4 Å².